The molecule has 0 saturated carbocycles. The summed E-state index contributed by atoms with van der Waals surface area (Å²) in [7, 11) is 0. The molecule has 4 aromatic rings. The predicted molar refractivity (Wildman–Crippen MR) is 132 cm³/mol. The molecule has 9 heteroatoms. The summed E-state index contributed by atoms with van der Waals surface area (Å²) in [5.41, 5.74) is 1.52. The molecular formula is C25H21F2N3O2S2. The standard InChI is InChI=1S/C25H21F2N3O2S2/c1-14-7-9-17-20(11-14)34-23-22(17)24(32)30(16-5-3-2-4-6-16)25(29-23)33-13-21(31)28-19-10-8-15(26)12-18(19)27/h2-6,8,10,12,14H,7,9,11,13H2,1H3,(H,28,31). The van der Waals surface area contributed by atoms with E-state index in [1.807, 2.05) is 30.3 Å². The molecule has 0 saturated heterocycles. The molecule has 1 aliphatic carbocycles. The van der Waals surface area contributed by atoms with E-state index in [9.17, 15) is 18.4 Å². The van der Waals surface area contributed by atoms with Crippen molar-refractivity contribution >= 4 is 44.9 Å². The third-order valence-electron chi connectivity index (χ3n) is 5.85. The number of hydrogen-bond acceptors (Lipinski definition) is 5. The smallest absolute Gasteiger partial charge is 0.267 e. The highest BCUT2D eigenvalue weighted by Gasteiger charge is 2.25. The number of halogens is 2. The minimum absolute atomic E-state index is 0.0935. The van der Waals surface area contributed by atoms with Gasteiger partial charge < -0.3 is 5.32 Å². The predicted octanol–water partition coefficient (Wildman–Crippen LogP) is 5.58. The number of anilines is 1. The number of fused-ring (bicyclic) bond motifs is 3. The zero-order chi connectivity index (χ0) is 23.8. The Balaban J connectivity index is 1.50. The fourth-order valence-corrected chi connectivity index (χ4v) is 6.42. The molecule has 1 unspecified atom stereocenters. The normalized spacial score (nSPS) is 15.3. The van der Waals surface area contributed by atoms with Crippen molar-refractivity contribution in [1.29, 1.82) is 0 Å². The lowest BCUT2D eigenvalue weighted by Crippen LogP contribution is -2.23. The molecule has 0 spiro atoms. The van der Waals surface area contributed by atoms with Gasteiger partial charge in [0.15, 0.2) is 5.16 Å². The fraction of sp³-hybridized carbons (Fsp3) is 0.240. The van der Waals surface area contributed by atoms with Gasteiger partial charge in [0.05, 0.1) is 22.5 Å². The third kappa shape index (κ3) is 4.37. The maximum atomic E-state index is 13.9. The molecule has 34 heavy (non-hydrogen) atoms. The van der Waals surface area contributed by atoms with E-state index in [-0.39, 0.29) is 17.0 Å². The molecule has 5 rings (SSSR count). The Morgan fingerprint density at radius 1 is 1.24 bits per heavy atom. The van der Waals surface area contributed by atoms with Gasteiger partial charge in [-0.3, -0.25) is 14.2 Å². The van der Waals surface area contributed by atoms with Crippen LogP contribution >= 0.6 is 23.1 Å². The Morgan fingerprint density at radius 2 is 2.03 bits per heavy atom. The molecule has 2 heterocycles. The number of amides is 1. The Hall–Kier alpha value is -3.04. The summed E-state index contributed by atoms with van der Waals surface area (Å²) in [6, 6.07) is 12.2. The molecule has 1 N–H and O–H groups in total. The van der Waals surface area contributed by atoms with Crippen molar-refractivity contribution in [3.63, 3.8) is 0 Å². The van der Waals surface area contributed by atoms with Crippen molar-refractivity contribution in [3.05, 3.63) is 81.0 Å². The first-order chi connectivity index (χ1) is 16.4. The van der Waals surface area contributed by atoms with Gasteiger partial charge in [-0.1, -0.05) is 36.9 Å². The molecule has 1 amide bonds. The number of hydrogen-bond donors (Lipinski definition) is 1. The van der Waals surface area contributed by atoms with Crippen molar-refractivity contribution in [2.45, 2.75) is 31.3 Å². The quantitative estimate of drug-likeness (QED) is 0.289. The van der Waals surface area contributed by atoms with Gasteiger partial charge in [-0.25, -0.2) is 13.8 Å². The number of carbonyl (C=O) groups excluding carboxylic acids is 1. The zero-order valence-electron chi connectivity index (χ0n) is 18.3. The summed E-state index contributed by atoms with van der Waals surface area (Å²) in [5, 5.41) is 3.51. The largest absolute Gasteiger partial charge is 0.323 e. The van der Waals surface area contributed by atoms with Crippen LogP contribution in [0.25, 0.3) is 15.9 Å². The van der Waals surface area contributed by atoms with Crippen LogP contribution in [0, 0.1) is 17.6 Å². The van der Waals surface area contributed by atoms with Crippen molar-refractivity contribution in [1.82, 2.24) is 9.55 Å². The first-order valence-corrected chi connectivity index (χ1v) is 12.7. The first-order valence-electron chi connectivity index (χ1n) is 10.9. The monoisotopic (exact) mass is 497 g/mol. The molecule has 0 radical (unpaired) electrons. The summed E-state index contributed by atoms with van der Waals surface area (Å²) in [5.74, 6) is -1.58. The number of rotatable bonds is 5. The van der Waals surface area contributed by atoms with Crippen molar-refractivity contribution in [2.75, 3.05) is 11.1 Å². The molecule has 174 valence electrons. The maximum absolute atomic E-state index is 13.9. The van der Waals surface area contributed by atoms with Crippen molar-refractivity contribution in [2.24, 2.45) is 5.92 Å². The molecule has 5 nitrogen and oxygen atoms in total. The second kappa shape index (κ2) is 9.31. The summed E-state index contributed by atoms with van der Waals surface area (Å²) >= 11 is 2.66. The topological polar surface area (TPSA) is 64.0 Å². The molecule has 0 fully saturated rings. The van der Waals surface area contributed by atoms with Crippen LogP contribution in [0.3, 0.4) is 0 Å². The van der Waals surface area contributed by atoms with E-state index in [2.05, 4.69) is 12.2 Å². The van der Waals surface area contributed by atoms with E-state index < -0.39 is 17.5 Å². The van der Waals surface area contributed by atoms with Gasteiger partial charge in [-0.2, -0.15) is 0 Å². The highest BCUT2D eigenvalue weighted by molar-refractivity contribution is 7.99. The second-order valence-electron chi connectivity index (χ2n) is 8.36. The van der Waals surface area contributed by atoms with E-state index in [1.54, 1.807) is 15.9 Å². The highest BCUT2D eigenvalue weighted by Crippen LogP contribution is 2.37. The van der Waals surface area contributed by atoms with Crippen LogP contribution in [-0.4, -0.2) is 21.2 Å². The second-order valence-corrected chi connectivity index (χ2v) is 10.4. The highest BCUT2D eigenvalue weighted by atomic mass is 32.2. The average molecular weight is 498 g/mol. The maximum Gasteiger partial charge on any atom is 0.267 e. The number of thiophene rings is 1. The van der Waals surface area contributed by atoms with Crippen LogP contribution in [0.2, 0.25) is 0 Å². The van der Waals surface area contributed by atoms with Gasteiger partial charge in [0.25, 0.3) is 5.56 Å². The number of benzene rings is 2. The molecule has 2 aromatic carbocycles. The molecule has 0 bridgehead atoms. The third-order valence-corrected chi connectivity index (χ3v) is 7.94. The van der Waals surface area contributed by atoms with Gasteiger partial charge in [-0.15, -0.1) is 11.3 Å². The van der Waals surface area contributed by atoms with E-state index >= 15 is 0 Å². The van der Waals surface area contributed by atoms with Crippen LogP contribution in [-0.2, 0) is 17.6 Å². The minimum Gasteiger partial charge on any atom is -0.323 e. The van der Waals surface area contributed by atoms with Crippen molar-refractivity contribution < 1.29 is 13.6 Å². The Labute approximate surface area is 202 Å². The van der Waals surface area contributed by atoms with Gasteiger partial charge in [-0.05, 0) is 55.0 Å². The molecule has 0 aliphatic heterocycles. The van der Waals surface area contributed by atoms with E-state index in [0.29, 0.717) is 33.0 Å². The zero-order valence-corrected chi connectivity index (χ0v) is 19.9. The first kappa shape index (κ1) is 22.7. The lowest BCUT2D eigenvalue weighted by Gasteiger charge is -2.17. The summed E-state index contributed by atoms with van der Waals surface area (Å²) in [6.07, 6.45) is 2.84. The number of carbonyl (C=O) groups is 1. The lowest BCUT2D eigenvalue weighted by molar-refractivity contribution is -0.113. The summed E-state index contributed by atoms with van der Waals surface area (Å²) in [6.45, 7) is 2.22. The number of nitrogens with one attached hydrogen (secondary N) is 1. The fourth-order valence-electron chi connectivity index (χ4n) is 4.18. The molecular weight excluding hydrogens is 476 g/mol. The van der Waals surface area contributed by atoms with Gasteiger partial charge in [0, 0.05) is 10.9 Å². The number of thioether (sulfide) groups is 1. The Morgan fingerprint density at radius 3 is 2.79 bits per heavy atom. The van der Waals surface area contributed by atoms with E-state index in [4.69, 9.17) is 4.98 Å². The number of aryl methyl sites for hydroxylation is 1. The van der Waals surface area contributed by atoms with Crippen molar-refractivity contribution in [3.8, 4) is 5.69 Å². The van der Waals surface area contributed by atoms with Crippen LogP contribution in [0.4, 0.5) is 14.5 Å². The lowest BCUT2D eigenvalue weighted by atomic mass is 9.89. The average Bonchev–Trinajstić information content (AvgIpc) is 3.17. The summed E-state index contributed by atoms with van der Waals surface area (Å²) < 4.78 is 28.6. The van der Waals surface area contributed by atoms with Gasteiger partial charge in [0.1, 0.15) is 16.5 Å². The van der Waals surface area contributed by atoms with E-state index in [1.165, 1.54) is 10.9 Å². The Bertz CT molecular complexity index is 1450. The van der Waals surface area contributed by atoms with E-state index in [0.717, 1.165) is 42.7 Å². The van der Waals surface area contributed by atoms with Crippen LogP contribution < -0.4 is 10.9 Å². The van der Waals surface area contributed by atoms with Crippen LogP contribution in [0.5, 0.6) is 0 Å². The number of nitrogens with zero attached hydrogens (tertiary/aromatic N) is 2. The number of para-hydroxylation sites is 1. The molecule has 1 aliphatic rings. The summed E-state index contributed by atoms with van der Waals surface area (Å²) in [4.78, 5) is 32.9. The number of aromatic nitrogens is 2. The molecule has 1 atom stereocenters. The Kier molecular flexibility index (Phi) is 6.22. The van der Waals surface area contributed by atoms with Crippen LogP contribution in [0.15, 0.2) is 58.5 Å². The SMILES string of the molecule is CC1CCc2c(sc3nc(SCC(=O)Nc4ccc(F)cc4F)n(-c4ccccc4)c(=O)c23)C1. The molecule has 2 aromatic heterocycles. The van der Waals surface area contributed by atoms with Crippen LogP contribution in [0.1, 0.15) is 23.8 Å². The minimum atomic E-state index is -0.850. The van der Waals surface area contributed by atoms with Gasteiger partial charge >= 0.3 is 0 Å². The van der Waals surface area contributed by atoms with Gasteiger partial charge in [0.2, 0.25) is 5.91 Å².